The molecule has 0 amide bonds. The zero-order valence-electron chi connectivity index (χ0n) is 10.7. The lowest BCUT2D eigenvalue weighted by molar-refractivity contribution is 0.296. The van der Waals surface area contributed by atoms with Gasteiger partial charge in [-0.1, -0.05) is 29.3 Å². The molecular weight excluding hydrogens is 297 g/mol. The molecule has 102 valence electrons. The summed E-state index contributed by atoms with van der Waals surface area (Å²) in [5.74, 6) is 1.11. The number of nitriles is 1. The van der Waals surface area contributed by atoms with Gasteiger partial charge >= 0.3 is 0 Å². The maximum absolute atomic E-state index is 9.08. The first-order chi connectivity index (χ1) is 9.65. The monoisotopic (exact) mass is 307 g/mol. The van der Waals surface area contributed by atoms with Gasteiger partial charge in [-0.25, -0.2) is 0 Å². The lowest BCUT2D eigenvalue weighted by Gasteiger charge is -2.12. The van der Waals surface area contributed by atoms with Crippen LogP contribution in [0.25, 0.3) is 0 Å². The molecule has 0 heterocycles. The summed E-state index contributed by atoms with van der Waals surface area (Å²) >= 11 is 11.9. The van der Waals surface area contributed by atoms with Crippen molar-refractivity contribution in [3.63, 3.8) is 0 Å². The number of methoxy groups -OCH3 is 1. The SMILES string of the molecule is COc1ccc(Cl)cc1COc1cccc(Cl)c1C#N. The van der Waals surface area contributed by atoms with Gasteiger partial charge in [-0.2, -0.15) is 5.26 Å². The van der Waals surface area contributed by atoms with Gasteiger partial charge in [0.1, 0.15) is 29.7 Å². The molecule has 2 aromatic rings. The summed E-state index contributed by atoms with van der Waals surface area (Å²) in [4.78, 5) is 0. The van der Waals surface area contributed by atoms with E-state index in [-0.39, 0.29) is 6.61 Å². The summed E-state index contributed by atoms with van der Waals surface area (Å²) in [6.07, 6.45) is 0. The first kappa shape index (κ1) is 14.5. The van der Waals surface area contributed by atoms with Crippen LogP contribution in [-0.2, 0) is 6.61 Å². The van der Waals surface area contributed by atoms with Crippen LogP contribution in [0.5, 0.6) is 11.5 Å². The van der Waals surface area contributed by atoms with Gasteiger partial charge in [0.25, 0.3) is 0 Å². The molecule has 0 fully saturated rings. The highest BCUT2D eigenvalue weighted by atomic mass is 35.5. The van der Waals surface area contributed by atoms with Crippen molar-refractivity contribution in [1.29, 1.82) is 5.26 Å². The smallest absolute Gasteiger partial charge is 0.139 e. The van der Waals surface area contributed by atoms with Gasteiger partial charge in [-0.05, 0) is 30.3 Å². The topological polar surface area (TPSA) is 42.2 Å². The third-order valence-electron chi connectivity index (χ3n) is 2.71. The van der Waals surface area contributed by atoms with Crippen molar-refractivity contribution in [1.82, 2.24) is 0 Å². The Morgan fingerprint density at radius 3 is 2.65 bits per heavy atom. The summed E-state index contributed by atoms with van der Waals surface area (Å²) in [5, 5.41) is 10.0. The van der Waals surface area contributed by atoms with Crippen LogP contribution in [0.15, 0.2) is 36.4 Å². The lowest BCUT2D eigenvalue weighted by atomic mass is 10.2. The van der Waals surface area contributed by atoms with Crippen molar-refractivity contribution in [2.24, 2.45) is 0 Å². The zero-order valence-corrected chi connectivity index (χ0v) is 12.2. The number of rotatable bonds is 4. The van der Waals surface area contributed by atoms with Gasteiger partial charge < -0.3 is 9.47 Å². The number of benzene rings is 2. The van der Waals surface area contributed by atoms with Crippen LogP contribution in [0.2, 0.25) is 10.0 Å². The van der Waals surface area contributed by atoms with E-state index < -0.39 is 0 Å². The van der Waals surface area contributed by atoms with Crippen LogP contribution in [-0.4, -0.2) is 7.11 Å². The summed E-state index contributed by atoms with van der Waals surface area (Å²) in [7, 11) is 1.58. The second-order valence-electron chi connectivity index (χ2n) is 3.97. The van der Waals surface area contributed by atoms with E-state index >= 15 is 0 Å². The number of nitrogens with zero attached hydrogens (tertiary/aromatic N) is 1. The van der Waals surface area contributed by atoms with E-state index in [0.717, 1.165) is 5.56 Å². The largest absolute Gasteiger partial charge is 0.496 e. The van der Waals surface area contributed by atoms with Crippen LogP contribution < -0.4 is 9.47 Å². The number of hydrogen-bond acceptors (Lipinski definition) is 3. The van der Waals surface area contributed by atoms with Crippen LogP contribution in [0.3, 0.4) is 0 Å². The van der Waals surface area contributed by atoms with Gasteiger partial charge in [-0.15, -0.1) is 0 Å². The maximum atomic E-state index is 9.08. The number of hydrogen-bond donors (Lipinski definition) is 0. The van der Waals surface area contributed by atoms with Crippen LogP contribution >= 0.6 is 23.2 Å². The molecule has 0 aliphatic heterocycles. The molecule has 0 aliphatic carbocycles. The minimum absolute atomic E-state index is 0.235. The van der Waals surface area contributed by atoms with Crippen molar-refractivity contribution in [2.75, 3.05) is 7.11 Å². The Morgan fingerprint density at radius 1 is 1.15 bits per heavy atom. The minimum Gasteiger partial charge on any atom is -0.496 e. The first-order valence-electron chi connectivity index (χ1n) is 5.79. The molecule has 0 N–H and O–H groups in total. The molecule has 20 heavy (non-hydrogen) atoms. The molecule has 0 aliphatic rings. The maximum Gasteiger partial charge on any atom is 0.139 e. The molecule has 0 saturated heterocycles. The van der Waals surface area contributed by atoms with E-state index in [0.29, 0.717) is 27.1 Å². The molecule has 2 aromatic carbocycles. The third-order valence-corrected chi connectivity index (χ3v) is 3.26. The van der Waals surface area contributed by atoms with E-state index in [1.54, 1.807) is 43.5 Å². The van der Waals surface area contributed by atoms with E-state index in [9.17, 15) is 0 Å². The van der Waals surface area contributed by atoms with Gasteiger partial charge in [0.05, 0.1) is 12.1 Å². The van der Waals surface area contributed by atoms with Gasteiger partial charge in [0.15, 0.2) is 0 Å². The average molecular weight is 308 g/mol. The number of ether oxygens (including phenoxy) is 2. The fraction of sp³-hybridized carbons (Fsp3) is 0.133. The predicted molar refractivity (Wildman–Crippen MR) is 78.5 cm³/mol. The van der Waals surface area contributed by atoms with E-state index in [1.165, 1.54) is 0 Å². The normalized spacial score (nSPS) is 9.90. The van der Waals surface area contributed by atoms with Gasteiger partial charge in [0, 0.05) is 10.6 Å². The van der Waals surface area contributed by atoms with Crippen molar-refractivity contribution in [3.8, 4) is 17.6 Å². The molecule has 0 atom stereocenters. The standard InChI is InChI=1S/C15H11Cl2NO2/c1-19-14-6-5-11(16)7-10(14)9-20-15-4-2-3-13(17)12(15)8-18/h2-7H,9H2,1H3. The molecule has 5 heteroatoms. The Morgan fingerprint density at radius 2 is 1.95 bits per heavy atom. The third kappa shape index (κ3) is 3.16. The van der Waals surface area contributed by atoms with E-state index in [1.807, 2.05) is 6.07 Å². The molecular formula is C15H11Cl2NO2. The first-order valence-corrected chi connectivity index (χ1v) is 6.55. The molecule has 0 radical (unpaired) electrons. The van der Waals surface area contributed by atoms with Gasteiger partial charge in [0.2, 0.25) is 0 Å². The highest BCUT2D eigenvalue weighted by Gasteiger charge is 2.10. The predicted octanol–water partition coefficient (Wildman–Crippen LogP) is 4.45. The highest BCUT2D eigenvalue weighted by molar-refractivity contribution is 6.32. The van der Waals surface area contributed by atoms with Crippen LogP contribution in [0, 0.1) is 11.3 Å². The average Bonchev–Trinajstić information content (AvgIpc) is 2.45. The lowest BCUT2D eigenvalue weighted by Crippen LogP contribution is -2.00. The molecule has 0 aromatic heterocycles. The summed E-state index contributed by atoms with van der Waals surface area (Å²) in [6.45, 7) is 0.235. The summed E-state index contributed by atoms with van der Waals surface area (Å²) < 4.78 is 10.9. The van der Waals surface area contributed by atoms with E-state index in [2.05, 4.69) is 0 Å². The summed E-state index contributed by atoms with van der Waals surface area (Å²) in [6, 6.07) is 12.4. The van der Waals surface area contributed by atoms with Crippen LogP contribution in [0.4, 0.5) is 0 Å². The van der Waals surface area contributed by atoms with Crippen LogP contribution in [0.1, 0.15) is 11.1 Å². The Hall–Kier alpha value is -1.89. The summed E-state index contributed by atoms with van der Waals surface area (Å²) in [5.41, 5.74) is 1.11. The Kier molecular flexibility index (Phi) is 4.73. The van der Waals surface area contributed by atoms with Crippen molar-refractivity contribution in [3.05, 3.63) is 57.6 Å². The second kappa shape index (κ2) is 6.51. The fourth-order valence-corrected chi connectivity index (χ4v) is 2.15. The quantitative estimate of drug-likeness (QED) is 0.838. The van der Waals surface area contributed by atoms with Gasteiger partial charge in [-0.3, -0.25) is 0 Å². The van der Waals surface area contributed by atoms with E-state index in [4.69, 9.17) is 37.9 Å². The Labute approximate surface area is 127 Å². The zero-order chi connectivity index (χ0) is 14.5. The molecule has 0 saturated carbocycles. The molecule has 0 unspecified atom stereocenters. The fourth-order valence-electron chi connectivity index (χ4n) is 1.75. The number of halogens is 2. The molecule has 2 rings (SSSR count). The molecule has 0 spiro atoms. The van der Waals surface area contributed by atoms with Crippen molar-refractivity contribution >= 4 is 23.2 Å². The Balaban J connectivity index is 2.24. The van der Waals surface area contributed by atoms with Crippen molar-refractivity contribution < 1.29 is 9.47 Å². The minimum atomic E-state index is 0.235. The second-order valence-corrected chi connectivity index (χ2v) is 4.81. The molecule has 0 bridgehead atoms. The molecule has 3 nitrogen and oxygen atoms in total. The highest BCUT2D eigenvalue weighted by Crippen LogP contribution is 2.28. The van der Waals surface area contributed by atoms with Crippen molar-refractivity contribution in [2.45, 2.75) is 6.61 Å². The Bertz CT molecular complexity index is 665.